The fourth-order valence-corrected chi connectivity index (χ4v) is 5.15. The number of carbonyl (C=O) groups is 2. The van der Waals surface area contributed by atoms with E-state index in [9.17, 15) is 24.2 Å². The van der Waals surface area contributed by atoms with Gasteiger partial charge in [0.15, 0.2) is 6.10 Å². The molecule has 0 radical (unpaired) electrons. The Bertz CT molecular complexity index is 1260. The molecule has 0 aliphatic rings. The Kier molecular flexibility index (Phi) is 35.6. The minimum Gasteiger partial charge on any atom is -0.462 e. The highest BCUT2D eigenvalue weighted by atomic mass is 31.2. The summed E-state index contributed by atoms with van der Waals surface area (Å²) < 4.78 is 32.5. The fraction of sp³-hybridized carbons (Fsp3) is 0.535. The van der Waals surface area contributed by atoms with E-state index in [2.05, 4.69) is 74.6 Å². The van der Waals surface area contributed by atoms with E-state index in [4.69, 9.17) is 24.3 Å². The molecule has 54 heavy (non-hydrogen) atoms. The van der Waals surface area contributed by atoms with Crippen LogP contribution in [0.1, 0.15) is 110 Å². The van der Waals surface area contributed by atoms with Crippen molar-refractivity contribution in [2.24, 2.45) is 5.73 Å². The third-order valence-corrected chi connectivity index (χ3v) is 8.22. The Balaban J connectivity index is 4.48. The van der Waals surface area contributed by atoms with Gasteiger partial charge < -0.3 is 25.2 Å². The summed E-state index contributed by atoms with van der Waals surface area (Å²) in [4.78, 5) is 34.7. The molecule has 0 saturated carbocycles. The molecular weight excluding hydrogens is 705 g/mol. The first kappa shape index (κ1) is 50.6. The normalized spacial score (nSPS) is 15.1. The monoisotopic (exact) mass is 773 g/mol. The first-order valence-corrected chi connectivity index (χ1v) is 21.0. The molecule has 0 aromatic heterocycles. The summed E-state index contributed by atoms with van der Waals surface area (Å²) in [6.45, 7) is 3.25. The average Bonchev–Trinajstić information content (AvgIpc) is 3.15. The Morgan fingerprint density at radius 3 is 1.80 bits per heavy atom. The lowest BCUT2D eigenvalue weighted by atomic mass is 10.2. The minimum absolute atomic E-state index is 0.0230. The van der Waals surface area contributed by atoms with Crippen molar-refractivity contribution in [1.82, 2.24) is 0 Å². The highest BCUT2D eigenvalue weighted by Gasteiger charge is 2.25. The molecule has 0 spiro atoms. The number of hydrogen-bond donors (Lipinski definition) is 3. The molecule has 0 aliphatic heterocycles. The molecule has 0 aromatic carbocycles. The van der Waals surface area contributed by atoms with Gasteiger partial charge in [0.2, 0.25) is 0 Å². The number of ether oxygens (including phenoxy) is 2. The van der Waals surface area contributed by atoms with Crippen molar-refractivity contribution in [1.29, 1.82) is 0 Å². The third-order valence-electron chi connectivity index (χ3n) is 7.23. The van der Waals surface area contributed by atoms with Crippen LogP contribution < -0.4 is 5.73 Å². The van der Waals surface area contributed by atoms with Gasteiger partial charge in [0.1, 0.15) is 6.61 Å². The molecule has 0 saturated heterocycles. The quantitative estimate of drug-likeness (QED) is 0.0189. The van der Waals surface area contributed by atoms with E-state index in [0.717, 1.165) is 57.8 Å². The number of hydrogen-bond acceptors (Lipinski definition) is 9. The zero-order chi connectivity index (χ0) is 39.8. The number of aliphatic hydroxyl groups is 1. The third kappa shape index (κ3) is 37.0. The van der Waals surface area contributed by atoms with Crippen LogP contribution in [0.25, 0.3) is 0 Å². The van der Waals surface area contributed by atoms with Crippen LogP contribution in [-0.2, 0) is 32.7 Å². The first-order chi connectivity index (χ1) is 26.2. The smallest absolute Gasteiger partial charge is 0.462 e. The van der Waals surface area contributed by atoms with Crippen LogP contribution >= 0.6 is 7.82 Å². The number of nitrogens with two attached hydrogens (primary N) is 1. The second-order valence-corrected chi connectivity index (χ2v) is 13.7. The summed E-state index contributed by atoms with van der Waals surface area (Å²) in [5, 5.41) is 9.99. The summed E-state index contributed by atoms with van der Waals surface area (Å²) in [7, 11) is -4.42. The molecule has 3 atom stereocenters. The maximum absolute atomic E-state index is 12.5. The van der Waals surface area contributed by atoms with E-state index >= 15 is 0 Å². The average molecular weight is 774 g/mol. The number of rotatable bonds is 34. The van der Waals surface area contributed by atoms with Gasteiger partial charge in [0, 0.05) is 19.4 Å². The molecule has 2 unspecified atom stereocenters. The maximum Gasteiger partial charge on any atom is 0.472 e. The number of esters is 2. The molecule has 0 fully saturated rings. The summed E-state index contributed by atoms with van der Waals surface area (Å²) in [5.74, 6) is -1.00. The van der Waals surface area contributed by atoms with Gasteiger partial charge in [0.05, 0.1) is 19.3 Å². The second kappa shape index (κ2) is 37.9. The molecule has 304 valence electrons. The summed E-state index contributed by atoms with van der Waals surface area (Å²) >= 11 is 0. The molecule has 0 rings (SSSR count). The van der Waals surface area contributed by atoms with Gasteiger partial charge in [0.25, 0.3) is 0 Å². The summed E-state index contributed by atoms with van der Waals surface area (Å²) in [6, 6.07) is 0. The van der Waals surface area contributed by atoms with Gasteiger partial charge in [-0.1, -0.05) is 123 Å². The number of carbonyl (C=O) groups excluding carboxylic acids is 2. The number of unbranched alkanes of at least 4 members (excludes halogenated alkanes) is 3. The summed E-state index contributed by atoms with van der Waals surface area (Å²) in [5.41, 5.74) is 5.32. The summed E-state index contributed by atoms with van der Waals surface area (Å²) in [6.07, 6.45) is 45.9. The van der Waals surface area contributed by atoms with Crippen molar-refractivity contribution in [3.05, 3.63) is 109 Å². The Hall–Kier alpha value is -3.37. The van der Waals surface area contributed by atoms with Gasteiger partial charge in [-0.05, 0) is 83.5 Å². The van der Waals surface area contributed by atoms with Gasteiger partial charge >= 0.3 is 19.8 Å². The Labute approximate surface area is 325 Å². The van der Waals surface area contributed by atoms with Gasteiger partial charge in [-0.3, -0.25) is 18.6 Å². The fourth-order valence-electron chi connectivity index (χ4n) is 4.39. The molecule has 0 amide bonds. The van der Waals surface area contributed by atoms with Crippen LogP contribution in [0.2, 0.25) is 0 Å². The van der Waals surface area contributed by atoms with Crippen LogP contribution in [0.4, 0.5) is 0 Å². The Morgan fingerprint density at radius 2 is 1.19 bits per heavy atom. The molecule has 0 heterocycles. The zero-order valence-corrected chi connectivity index (χ0v) is 33.7. The molecule has 11 heteroatoms. The van der Waals surface area contributed by atoms with Crippen molar-refractivity contribution < 1.29 is 42.7 Å². The predicted molar refractivity (Wildman–Crippen MR) is 220 cm³/mol. The van der Waals surface area contributed by atoms with E-state index in [1.54, 1.807) is 6.08 Å². The van der Waals surface area contributed by atoms with Crippen LogP contribution in [0.5, 0.6) is 0 Å². The van der Waals surface area contributed by atoms with E-state index in [1.807, 2.05) is 42.5 Å². The highest BCUT2D eigenvalue weighted by molar-refractivity contribution is 7.47. The standard InChI is InChI=1S/C43H68NO9P/c1-3-5-7-9-11-12-13-14-15-16-17-18-23-27-31-35-43(47)53-41(39-52-54(48,49)51-37-36-44)38-50-42(46)34-30-26-22-20-19-21-25-29-33-40(45)32-28-24-10-8-6-4-2/h5-8,11-12,14-15,17-18,20-22,24-25,28-29,33,40-41,45H,3-4,9-10,13,16,19,23,26-27,30-32,34-39,44H2,1-2H3,(H,48,49)/b7-5-,8-6-,12-11-,15-14-,18-17-,22-20-,25-21-,28-24-,33-29+/t40?,41-/m1/s1. The number of aliphatic hydroxyl groups excluding tert-OH is 1. The van der Waals surface area contributed by atoms with Crippen LogP contribution in [0.15, 0.2) is 109 Å². The van der Waals surface area contributed by atoms with Crippen molar-refractivity contribution in [2.75, 3.05) is 26.4 Å². The van der Waals surface area contributed by atoms with E-state index < -0.39 is 38.6 Å². The zero-order valence-electron chi connectivity index (χ0n) is 32.8. The topological polar surface area (TPSA) is 155 Å². The van der Waals surface area contributed by atoms with Crippen molar-refractivity contribution in [3.8, 4) is 0 Å². The number of phosphoric acid groups is 1. The van der Waals surface area contributed by atoms with E-state index in [-0.39, 0.29) is 32.6 Å². The number of phosphoric ester groups is 1. The van der Waals surface area contributed by atoms with E-state index in [1.165, 1.54) is 0 Å². The van der Waals surface area contributed by atoms with Crippen LogP contribution in [-0.4, -0.2) is 60.5 Å². The van der Waals surface area contributed by atoms with Gasteiger partial charge in [-0.2, -0.15) is 0 Å². The van der Waals surface area contributed by atoms with Crippen molar-refractivity contribution >= 4 is 19.8 Å². The lowest BCUT2D eigenvalue weighted by Crippen LogP contribution is -2.29. The number of allylic oxidation sites excluding steroid dienone is 16. The predicted octanol–water partition coefficient (Wildman–Crippen LogP) is 9.79. The molecular formula is C43H68NO9P. The maximum atomic E-state index is 12.5. The SMILES string of the molecule is CC/C=C\C/C=C\C/C=C\C/C=C\CCCCC(=O)O[C@H](COC(=O)CCC/C=C\C/C=C\C=C\C(O)C/C=C\C/C=C\CC)COP(=O)(O)OCCN. The van der Waals surface area contributed by atoms with Gasteiger partial charge in [-0.15, -0.1) is 0 Å². The lowest BCUT2D eigenvalue weighted by molar-refractivity contribution is -0.161. The first-order valence-electron chi connectivity index (χ1n) is 19.5. The molecule has 0 aliphatic carbocycles. The minimum atomic E-state index is -4.42. The lowest BCUT2D eigenvalue weighted by Gasteiger charge is -2.19. The van der Waals surface area contributed by atoms with Crippen molar-refractivity contribution in [2.45, 2.75) is 122 Å². The molecule has 10 nitrogen and oxygen atoms in total. The van der Waals surface area contributed by atoms with Gasteiger partial charge in [-0.25, -0.2) is 4.57 Å². The highest BCUT2D eigenvalue weighted by Crippen LogP contribution is 2.43. The molecule has 0 bridgehead atoms. The van der Waals surface area contributed by atoms with Crippen molar-refractivity contribution in [3.63, 3.8) is 0 Å². The van der Waals surface area contributed by atoms with Crippen LogP contribution in [0.3, 0.4) is 0 Å². The Morgan fingerprint density at radius 1 is 0.648 bits per heavy atom. The second-order valence-electron chi connectivity index (χ2n) is 12.2. The van der Waals surface area contributed by atoms with Crippen LogP contribution in [0, 0.1) is 0 Å². The largest absolute Gasteiger partial charge is 0.472 e. The molecule has 4 N–H and O–H groups in total. The van der Waals surface area contributed by atoms with E-state index in [0.29, 0.717) is 25.7 Å². The molecule has 0 aromatic rings.